The molecule has 0 spiro atoms. The molecule has 14 heavy (non-hydrogen) atoms. The number of aromatic amines is 1. The molecule has 0 saturated carbocycles. The number of nitrogens with zero attached hydrogens (tertiary/aromatic N) is 1. The van der Waals surface area contributed by atoms with Crippen molar-refractivity contribution in [1.82, 2.24) is 4.98 Å². The highest BCUT2D eigenvalue weighted by atomic mass is 19.1. The lowest BCUT2D eigenvalue weighted by molar-refractivity contribution is 0.629. The first-order valence-electron chi connectivity index (χ1n) is 4.36. The second-order valence-corrected chi connectivity index (χ2v) is 3.25. The fraction of sp³-hybridized carbons (Fsp3) is 0.182. The summed E-state index contributed by atoms with van der Waals surface area (Å²) < 4.78 is 12.9. The van der Waals surface area contributed by atoms with E-state index in [1.165, 1.54) is 12.1 Å². The molecule has 0 aliphatic heterocycles. The van der Waals surface area contributed by atoms with E-state index in [1.54, 1.807) is 6.07 Å². The van der Waals surface area contributed by atoms with Crippen molar-refractivity contribution in [2.45, 2.75) is 13.3 Å². The van der Waals surface area contributed by atoms with Crippen LogP contribution in [0.1, 0.15) is 11.3 Å². The Hall–Kier alpha value is -1.82. The number of aryl methyl sites for hydroxylation is 1. The number of H-pyrrole nitrogens is 1. The van der Waals surface area contributed by atoms with E-state index in [-0.39, 0.29) is 5.82 Å². The number of halogens is 1. The van der Waals surface area contributed by atoms with E-state index >= 15 is 0 Å². The van der Waals surface area contributed by atoms with Crippen LogP contribution in [0.5, 0.6) is 0 Å². The van der Waals surface area contributed by atoms with Gasteiger partial charge >= 0.3 is 0 Å². The van der Waals surface area contributed by atoms with Crippen LogP contribution in [0.25, 0.3) is 10.9 Å². The van der Waals surface area contributed by atoms with Crippen LogP contribution in [-0.4, -0.2) is 4.98 Å². The molecule has 3 heteroatoms. The summed E-state index contributed by atoms with van der Waals surface area (Å²) in [5.41, 5.74) is 2.71. The predicted octanol–water partition coefficient (Wildman–Crippen LogP) is 2.68. The van der Waals surface area contributed by atoms with Crippen LogP contribution in [0.15, 0.2) is 18.2 Å². The van der Waals surface area contributed by atoms with Gasteiger partial charge in [0.2, 0.25) is 0 Å². The number of fused-ring (bicyclic) bond motifs is 1. The standard InChI is InChI=1S/C11H9FN2/c1-7-9-6-8(12)2-3-11(9)14-10(7)4-5-13/h2-3,6,14H,4H2,1H3. The molecule has 0 aliphatic carbocycles. The van der Waals surface area contributed by atoms with Gasteiger partial charge in [0.05, 0.1) is 12.5 Å². The van der Waals surface area contributed by atoms with Gasteiger partial charge in [0, 0.05) is 16.6 Å². The Morgan fingerprint density at radius 3 is 3.00 bits per heavy atom. The molecule has 0 saturated heterocycles. The van der Waals surface area contributed by atoms with E-state index in [1.807, 2.05) is 6.92 Å². The number of hydrogen-bond acceptors (Lipinski definition) is 1. The number of hydrogen-bond donors (Lipinski definition) is 1. The Morgan fingerprint density at radius 2 is 2.29 bits per heavy atom. The minimum absolute atomic E-state index is 0.247. The summed E-state index contributed by atoms with van der Waals surface area (Å²) in [5.74, 6) is -0.247. The molecular weight excluding hydrogens is 179 g/mol. The van der Waals surface area contributed by atoms with Crippen molar-refractivity contribution in [3.05, 3.63) is 35.3 Å². The summed E-state index contributed by atoms with van der Waals surface area (Å²) in [4.78, 5) is 3.10. The Morgan fingerprint density at radius 1 is 1.50 bits per heavy atom. The van der Waals surface area contributed by atoms with Crippen molar-refractivity contribution >= 4 is 10.9 Å². The summed E-state index contributed by atoms with van der Waals surface area (Å²) in [7, 11) is 0. The van der Waals surface area contributed by atoms with Crippen LogP contribution in [0.2, 0.25) is 0 Å². The maximum atomic E-state index is 12.9. The lowest BCUT2D eigenvalue weighted by atomic mass is 10.1. The Bertz CT molecular complexity index is 520. The van der Waals surface area contributed by atoms with E-state index < -0.39 is 0 Å². The first kappa shape index (κ1) is 8.76. The van der Waals surface area contributed by atoms with E-state index in [0.717, 1.165) is 22.2 Å². The Labute approximate surface area is 81.0 Å². The second kappa shape index (κ2) is 3.15. The number of rotatable bonds is 1. The number of aromatic nitrogens is 1. The zero-order valence-electron chi connectivity index (χ0n) is 7.76. The summed E-state index contributed by atoms with van der Waals surface area (Å²) in [6.45, 7) is 1.89. The van der Waals surface area contributed by atoms with Gasteiger partial charge in [-0.1, -0.05) is 0 Å². The second-order valence-electron chi connectivity index (χ2n) is 3.25. The van der Waals surface area contributed by atoms with Crippen LogP contribution >= 0.6 is 0 Å². The molecule has 0 aliphatic rings. The third-order valence-corrected chi connectivity index (χ3v) is 2.38. The maximum Gasteiger partial charge on any atom is 0.123 e. The highest BCUT2D eigenvalue weighted by Crippen LogP contribution is 2.22. The van der Waals surface area contributed by atoms with Crippen molar-refractivity contribution in [2.24, 2.45) is 0 Å². The van der Waals surface area contributed by atoms with Crippen LogP contribution in [-0.2, 0) is 6.42 Å². The van der Waals surface area contributed by atoms with E-state index in [9.17, 15) is 4.39 Å². The van der Waals surface area contributed by atoms with Crippen molar-refractivity contribution < 1.29 is 4.39 Å². The summed E-state index contributed by atoms with van der Waals surface area (Å²) in [5, 5.41) is 9.44. The molecule has 0 unspecified atom stereocenters. The molecule has 70 valence electrons. The average molecular weight is 188 g/mol. The molecule has 1 aromatic carbocycles. The maximum absolute atomic E-state index is 12.9. The molecule has 1 N–H and O–H groups in total. The molecule has 0 atom stereocenters. The van der Waals surface area contributed by atoms with Gasteiger partial charge in [0.1, 0.15) is 5.82 Å². The molecule has 0 radical (unpaired) electrons. The summed E-state index contributed by atoms with van der Waals surface area (Å²) in [6.07, 6.45) is 0.335. The molecule has 0 fully saturated rings. The molecule has 2 rings (SSSR count). The van der Waals surface area contributed by atoms with Crippen LogP contribution in [0.3, 0.4) is 0 Å². The third-order valence-electron chi connectivity index (χ3n) is 2.38. The minimum atomic E-state index is -0.247. The number of nitriles is 1. The Kier molecular flexibility index (Phi) is 1.97. The third kappa shape index (κ3) is 1.25. The van der Waals surface area contributed by atoms with Gasteiger partial charge < -0.3 is 4.98 Å². The van der Waals surface area contributed by atoms with Crippen LogP contribution in [0.4, 0.5) is 4.39 Å². The molecule has 1 aromatic heterocycles. The molecule has 0 bridgehead atoms. The van der Waals surface area contributed by atoms with Gasteiger partial charge in [-0.15, -0.1) is 0 Å². The molecular formula is C11H9FN2. The fourth-order valence-corrected chi connectivity index (χ4v) is 1.61. The number of nitrogens with one attached hydrogen (secondary N) is 1. The van der Waals surface area contributed by atoms with Gasteiger partial charge in [-0.2, -0.15) is 5.26 Å². The predicted molar refractivity (Wildman–Crippen MR) is 52.3 cm³/mol. The monoisotopic (exact) mass is 188 g/mol. The van der Waals surface area contributed by atoms with Crippen molar-refractivity contribution in [3.63, 3.8) is 0 Å². The van der Waals surface area contributed by atoms with Crippen molar-refractivity contribution in [2.75, 3.05) is 0 Å². The van der Waals surface area contributed by atoms with Crippen molar-refractivity contribution in [3.8, 4) is 6.07 Å². The molecule has 2 nitrogen and oxygen atoms in total. The smallest absolute Gasteiger partial charge is 0.123 e. The largest absolute Gasteiger partial charge is 0.357 e. The van der Waals surface area contributed by atoms with E-state index in [0.29, 0.717) is 6.42 Å². The SMILES string of the molecule is Cc1c(CC#N)[nH]c2ccc(F)cc12. The normalized spacial score (nSPS) is 10.4. The number of benzene rings is 1. The zero-order chi connectivity index (χ0) is 10.1. The van der Waals surface area contributed by atoms with Crippen molar-refractivity contribution in [1.29, 1.82) is 5.26 Å². The highest BCUT2D eigenvalue weighted by molar-refractivity contribution is 5.84. The summed E-state index contributed by atoms with van der Waals surface area (Å²) >= 11 is 0. The van der Waals surface area contributed by atoms with Crippen LogP contribution in [0, 0.1) is 24.1 Å². The molecule has 2 aromatic rings. The molecule has 0 amide bonds. The average Bonchev–Trinajstić information content (AvgIpc) is 2.46. The van der Waals surface area contributed by atoms with Gasteiger partial charge in [-0.3, -0.25) is 0 Å². The molecule has 1 heterocycles. The first-order valence-corrected chi connectivity index (χ1v) is 4.36. The lowest BCUT2D eigenvalue weighted by Crippen LogP contribution is -1.83. The van der Waals surface area contributed by atoms with Crippen LogP contribution < -0.4 is 0 Å². The summed E-state index contributed by atoms with van der Waals surface area (Å²) in [6, 6.07) is 6.67. The van der Waals surface area contributed by atoms with Gasteiger partial charge in [0.15, 0.2) is 0 Å². The van der Waals surface area contributed by atoms with Gasteiger partial charge in [0.25, 0.3) is 0 Å². The topological polar surface area (TPSA) is 39.6 Å². The highest BCUT2D eigenvalue weighted by Gasteiger charge is 2.07. The zero-order valence-corrected chi connectivity index (χ0v) is 7.76. The van der Waals surface area contributed by atoms with E-state index in [4.69, 9.17) is 5.26 Å². The lowest BCUT2D eigenvalue weighted by Gasteiger charge is -1.91. The van der Waals surface area contributed by atoms with E-state index in [2.05, 4.69) is 11.1 Å². The Balaban J connectivity index is 2.69. The minimum Gasteiger partial charge on any atom is -0.357 e. The van der Waals surface area contributed by atoms with Gasteiger partial charge in [-0.05, 0) is 30.7 Å². The first-order chi connectivity index (χ1) is 6.72. The fourth-order valence-electron chi connectivity index (χ4n) is 1.61. The van der Waals surface area contributed by atoms with Gasteiger partial charge in [-0.25, -0.2) is 4.39 Å². The quantitative estimate of drug-likeness (QED) is 0.734.